The smallest absolute Gasteiger partial charge is 0.134 e. The summed E-state index contributed by atoms with van der Waals surface area (Å²) in [5, 5.41) is 17.2. The zero-order valence-corrected chi connectivity index (χ0v) is 11.1. The molecule has 0 saturated heterocycles. The van der Waals surface area contributed by atoms with Gasteiger partial charge >= 0.3 is 0 Å². The van der Waals surface area contributed by atoms with E-state index in [2.05, 4.69) is 24.3 Å². The van der Waals surface area contributed by atoms with Crippen LogP contribution in [0.25, 0.3) is 0 Å². The number of anilines is 1. The van der Waals surface area contributed by atoms with Gasteiger partial charge in [0.2, 0.25) is 0 Å². The molecule has 0 aliphatic rings. The van der Waals surface area contributed by atoms with Gasteiger partial charge in [-0.15, -0.1) is 0 Å². The molecule has 1 aromatic heterocycles. The standard InChI is InChI=1S/C13H16ClN3O/c1-9(2)17-8-11(7-16-17)15-6-10-3-4-13(18)12(14)5-10/h3-5,7-9,15,18H,6H2,1-2H3. The summed E-state index contributed by atoms with van der Waals surface area (Å²) in [5.74, 6) is 0.105. The second-order valence-corrected chi connectivity index (χ2v) is 4.85. The first-order valence-electron chi connectivity index (χ1n) is 5.81. The fraction of sp³-hybridized carbons (Fsp3) is 0.308. The molecular formula is C13H16ClN3O. The van der Waals surface area contributed by atoms with E-state index in [1.54, 1.807) is 18.3 Å². The van der Waals surface area contributed by atoms with Crippen LogP contribution in [0, 0.1) is 0 Å². The lowest BCUT2D eigenvalue weighted by molar-refractivity contribution is 0.475. The highest BCUT2D eigenvalue weighted by atomic mass is 35.5. The fourth-order valence-electron chi connectivity index (χ4n) is 1.58. The van der Waals surface area contributed by atoms with Crippen LogP contribution in [-0.4, -0.2) is 14.9 Å². The van der Waals surface area contributed by atoms with Crippen molar-refractivity contribution >= 4 is 17.3 Å². The Morgan fingerprint density at radius 1 is 1.44 bits per heavy atom. The number of nitrogens with zero attached hydrogens (tertiary/aromatic N) is 2. The molecule has 0 radical (unpaired) electrons. The number of phenolic OH excluding ortho intramolecular Hbond substituents is 1. The highest BCUT2D eigenvalue weighted by molar-refractivity contribution is 6.32. The van der Waals surface area contributed by atoms with Crippen LogP contribution in [0.15, 0.2) is 30.6 Å². The van der Waals surface area contributed by atoms with Gasteiger partial charge in [-0.05, 0) is 31.5 Å². The summed E-state index contributed by atoms with van der Waals surface area (Å²) in [5.41, 5.74) is 1.97. The summed E-state index contributed by atoms with van der Waals surface area (Å²) in [4.78, 5) is 0. The lowest BCUT2D eigenvalue weighted by Gasteiger charge is -2.06. The van der Waals surface area contributed by atoms with E-state index >= 15 is 0 Å². The average Bonchev–Trinajstić information content (AvgIpc) is 2.79. The van der Waals surface area contributed by atoms with Crippen LogP contribution in [0.4, 0.5) is 5.69 Å². The summed E-state index contributed by atoms with van der Waals surface area (Å²) in [6.07, 6.45) is 3.76. The van der Waals surface area contributed by atoms with E-state index in [1.165, 1.54) is 0 Å². The first-order chi connectivity index (χ1) is 8.56. The van der Waals surface area contributed by atoms with Crippen molar-refractivity contribution in [3.05, 3.63) is 41.2 Å². The van der Waals surface area contributed by atoms with Crippen LogP contribution in [0.1, 0.15) is 25.5 Å². The number of aromatic hydroxyl groups is 1. The number of rotatable bonds is 4. The summed E-state index contributed by atoms with van der Waals surface area (Å²) >= 11 is 5.85. The molecule has 0 atom stereocenters. The molecule has 0 amide bonds. The molecule has 96 valence electrons. The van der Waals surface area contributed by atoms with Crippen LogP contribution in [0.3, 0.4) is 0 Å². The predicted octanol–water partition coefficient (Wildman–Crippen LogP) is 3.44. The Morgan fingerprint density at radius 2 is 2.22 bits per heavy atom. The Labute approximate surface area is 111 Å². The largest absolute Gasteiger partial charge is 0.506 e. The molecule has 0 bridgehead atoms. The number of benzene rings is 1. The topological polar surface area (TPSA) is 50.1 Å². The minimum absolute atomic E-state index is 0.105. The monoisotopic (exact) mass is 265 g/mol. The van der Waals surface area contributed by atoms with E-state index in [1.807, 2.05) is 16.9 Å². The lowest BCUT2D eigenvalue weighted by Crippen LogP contribution is -2.01. The summed E-state index contributed by atoms with van der Waals surface area (Å²) in [6, 6.07) is 5.53. The van der Waals surface area contributed by atoms with Crippen molar-refractivity contribution in [1.82, 2.24) is 9.78 Å². The van der Waals surface area contributed by atoms with Gasteiger partial charge in [-0.1, -0.05) is 17.7 Å². The van der Waals surface area contributed by atoms with Gasteiger partial charge < -0.3 is 10.4 Å². The molecular weight excluding hydrogens is 250 g/mol. The third-order valence-corrected chi connectivity index (χ3v) is 2.94. The van der Waals surface area contributed by atoms with E-state index in [4.69, 9.17) is 11.6 Å². The van der Waals surface area contributed by atoms with Crippen molar-refractivity contribution in [3.8, 4) is 5.75 Å². The van der Waals surface area contributed by atoms with Gasteiger partial charge in [-0.3, -0.25) is 4.68 Å². The molecule has 0 unspecified atom stereocenters. The molecule has 2 N–H and O–H groups in total. The van der Waals surface area contributed by atoms with E-state index in [9.17, 15) is 5.11 Å². The van der Waals surface area contributed by atoms with Crippen molar-refractivity contribution in [1.29, 1.82) is 0 Å². The van der Waals surface area contributed by atoms with E-state index in [0.29, 0.717) is 17.6 Å². The third kappa shape index (κ3) is 2.96. The van der Waals surface area contributed by atoms with Gasteiger partial charge in [-0.25, -0.2) is 0 Å². The lowest BCUT2D eigenvalue weighted by atomic mass is 10.2. The van der Waals surface area contributed by atoms with Crippen molar-refractivity contribution in [2.75, 3.05) is 5.32 Å². The minimum Gasteiger partial charge on any atom is -0.506 e. The number of halogens is 1. The SMILES string of the molecule is CC(C)n1cc(NCc2ccc(O)c(Cl)c2)cn1. The highest BCUT2D eigenvalue weighted by Gasteiger charge is 2.03. The Morgan fingerprint density at radius 3 is 2.83 bits per heavy atom. The zero-order chi connectivity index (χ0) is 13.1. The van der Waals surface area contributed by atoms with Gasteiger partial charge in [0, 0.05) is 18.8 Å². The van der Waals surface area contributed by atoms with Crippen molar-refractivity contribution < 1.29 is 5.11 Å². The molecule has 1 heterocycles. The first-order valence-corrected chi connectivity index (χ1v) is 6.19. The number of phenols is 1. The normalized spacial score (nSPS) is 10.9. The Kier molecular flexibility index (Phi) is 3.77. The summed E-state index contributed by atoms with van der Waals surface area (Å²) < 4.78 is 1.89. The van der Waals surface area contributed by atoms with Crippen LogP contribution in [-0.2, 0) is 6.54 Å². The summed E-state index contributed by atoms with van der Waals surface area (Å²) in [6.45, 7) is 4.80. The van der Waals surface area contributed by atoms with Gasteiger partial charge in [0.15, 0.2) is 0 Å². The molecule has 0 fully saturated rings. The average molecular weight is 266 g/mol. The molecule has 2 aromatic rings. The van der Waals surface area contributed by atoms with E-state index in [-0.39, 0.29) is 5.75 Å². The number of hydrogen-bond donors (Lipinski definition) is 2. The number of aromatic nitrogens is 2. The number of hydrogen-bond acceptors (Lipinski definition) is 3. The highest BCUT2D eigenvalue weighted by Crippen LogP contribution is 2.24. The third-order valence-electron chi connectivity index (χ3n) is 2.64. The van der Waals surface area contributed by atoms with Crippen LogP contribution in [0.2, 0.25) is 5.02 Å². The van der Waals surface area contributed by atoms with Crippen LogP contribution >= 0.6 is 11.6 Å². The maximum atomic E-state index is 9.33. The van der Waals surface area contributed by atoms with E-state index in [0.717, 1.165) is 11.3 Å². The molecule has 18 heavy (non-hydrogen) atoms. The molecule has 2 rings (SSSR count). The molecule has 1 aromatic carbocycles. The Hall–Kier alpha value is -1.68. The minimum atomic E-state index is 0.105. The van der Waals surface area contributed by atoms with Crippen molar-refractivity contribution in [2.45, 2.75) is 26.4 Å². The molecule has 0 aliphatic carbocycles. The predicted molar refractivity (Wildman–Crippen MR) is 73.1 cm³/mol. The van der Waals surface area contributed by atoms with Gasteiger partial charge in [0.25, 0.3) is 0 Å². The molecule has 4 nitrogen and oxygen atoms in total. The van der Waals surface area contributed by atoms with Gasteiger partial charge in [0.05, 0.1) is 16.9 Å². The zero-order valence-electron chi connectivity index (χ0n) is 10.4. The summed E-state index contributed by atoms with van der Waals surface area (Å²) in [7, 11) is 0. The van der Waals surface area contributed by atoms with Crippen molar-refractivity contribution in [2.24, 2.45) is 0 Å². The second kappa shape index (κ2) is 5.31. The molecule has 0 aliphatic heterocycles. The molecule has 5 heteroatoms. The Balaban J connectivity index is 2.00. The van der Waals surface area contributed by atoms with Crippen LogP contribution < -0.4 is 5.32 Å². The second-order valence-electron chi connectivity index (χ2n) is 4.44. The molecule has 0 spiro atoms. The van der Waals surface area contributed by atoms with Crippen LogP contribution in [0.5, 0.6) is 5.75 Å². The maximum Gasteiger partial charge on any atom is 0.134 e. The van der Waals surface area contributed by atoms with Gasteiger partial charge in [0.1, 0.15) is 5.75 Å². The first kappa shape index (κ1) is 12.8. The fourth-order valence-corrected chi connectivity index (χ4v) is 1.78. The van der Waals surface area contributed by atoms with Crippen molar-refractivity contribution in [3.63, 3.8) is 0 Å². The maximum absolute atomic E-state index is 9.33. The quantitative estimate of drug-likeness (QED) is 0.890. The van der Waals surface area contributed by atoms with E-state index < -0.39 is 0 Å². The molecule has 0 saturated carbocycles. The van der Waals surface area contributed by atoms with Gasteiger partial charge in [-0.2, -0.15) is 5.10 Å². The Bertz CT molecular complexity index is 537. The number of nitrogens with one attached hydrogen (secondary N) is 1.